The number of carbonyl (C=O) groups excluding carboxylic acids is 2. The second-order valence-corrected chi connectivity index (χ2v) is 9.06. The molecule has 5 rings (SSSR count). The number of halogens is 2. The summed E-state index contributed by atoms with van der Waals surface area (Å²) in [5, 5.41) is 3.96. The molecular weight excluding hydrogens is 461 g/mol. The van der Waals surface area contributed by atoms with E-state index in [4.69, 9.17) is 23.2 Å². The molecule has 2 atom stereocenters. The summed E-state index contributed by atoms with van der Waals surface area (Å²) in [5.41, 5.74) is 2.69. The van der Waals surface area contributed by atoms with Gasteiger partial charge in [0.1, 0.15) is 17.4 Å². The smallest absolute Gasteiger partial charge is 0.251 e. The van der Waals surface area contributed by atoms with Gasteiger partial charge in [0.25, 0.3) is 5.91 Å². The zero-order chi connectivity index (χ0) is 23.1. The largest absolute Gasteiger partial charge is 0.342 e. The van der Waals surface area contributed by atoms with E-state index in [1.165, 1.54) is 0 Å². The Morgan fingerprint density at radius 2 is 2.09 bits per heavy atom. The van der Waals surface area contributed by atoms with Gasteiger partial charge in [-0.05, 0) is 56.2 Å². The van der Waals surface area contributed by atoms with Gasteiger partial charge in [0, 0.05) is 29.4 Å². The van der Waals surface area contributed by atoms with Crippen LogP contribution in [-0.2, 0) is 4.79 Å². The standard InChI is InChI=1S/C24H21Cl2N5O2/c1-13(22-29-18-7-6-15(25)12-19(18)30-22)28-24(33)14-5-8-20(17(26)11-14)31-10-9-27-23(31)16-3-2-4-21(16)32/h5-13,16H,2-4H2,1H3,(H,28,33)(H,29,30)/t13-,16?/m0/s1. The molecule has 1 aliphatic carbocycles. The summed E-state index contributed by atoms with van der Waals surface area (Å²) in [5.74, 6) is 1.05. The number of amides is 1. The van der Waals surface area contributed by atoms with Gasteiger partial charge in [-0.2, -0.15) is 0 Å². The molecule has 0 spiro atoms. The van der Waals surface area contributed by atoms with Gasteiger partial charge in [-0.3, -0.25) is 9.59 Å². The Labute approximate surface area is 200 Å². The van der Waals surface area contributed by atoms with E-state index < -0.39 is 0 Å². The Morgan fingerprint density at radius 3 is 2.85 bits per heavy atom. The molecule has 1 unspecified atom stereocenters. The van der Waals surface area contributed by atoms with Gasteiger partial charge in [-0.25, -0.2) is 9.97 Å². The number of nitrogens with one attached hydrogen (secondary N) is 2. The maximum atomic E-state index is 12.9. The summed E-state index contributed by atoms with van der Waals surface area (Å²) in [7, 11) is 0. The van der Waals surface area contributed by atoms with Crippen molar-refractivity contribution in [3.8, 4) is 5.69 Å². The van der Waals surface area contributed by atoms with Gasteiger partial charge >= 0.3 is 0 Å². The molecule has 4 aromatic rings. The van der Waals surface area contributed by atoms with Gasteiger partial charge in [-0.15, -0.1) is 0 Å². The molecule has 0 saturated heterocycles. The first-order valence-electron chi connectivity index (χ1n) is 10.7. The second-order valence-electron chi connectivity index (χ2n) is 8.21. The van der Waals surface area contributed by atoms with Gasteiger partial charge in [0.15, 0.2) is 0 Å². The highest BCUT2D eigenvalue weighted by molar-refractivity contribution is 6.32. The number of carbonyl (C=O) groups is 2. The molecule has 2 heterocycles. The number of aromatic nitrogens is 4. The summed E-state index contributed by atoms with van der Waals surface area (Å²) < 4.78 is 1.83. The van der Waals surface area contributed by atoms with Gasteiger partial charge in [-0.1, -0.05) is 23.2 Å². The number of nitrogens with zero attached hydrogens (tertiary/aromatic N) is 3. The third-order valence-corrected chi connectivity index (χ3v) is 6.51. The van der Waals surface area contributed by atoms with E-state index in [9.17, 15) is 9.59 Å². The Kier molecular flexibility index (Phi) is 5.68. The molecule has 168 valence electrons. The maximum absolute atomic E-state index is 12.9. The molecular formula is C24H21Cl2N5O2. The summed E-state index contributed by atoms with van der Waals surface area (Å²) in [6.45, 7) is 1.85. The molecule has 33 heavy (non-hydrogen) atoms. The molecule has 0 aliphatic heterocycles. The zero-order valence-corrected chi connectivity index (χ0v) is 19.3. The monoisotopic (exact) mass is 481 g/mol. The number of H-pyrrole nitrogens is 1. The molecule has 1 aliphatic rings. The zero-order valence-electron chi connectivity index (χ0n) is 17.8. The Morgan fingerprint density at radius 1 is 1.24 bits per heavy atom. The van der Waals surface area contributed by atoms with Gasteiger partial charge in [0.05, 0.1) is 33.7 Å². The Balaban J connectivity index is 1.35. The Bertz CT molecular complexity index is 1380. The number of fused-ring (bicyclic) bond motifs is 1. The topological polar surface area (TPSA) is 92.7 Å². The molecule has 1 fully saturated rings. The number of imidazole rings is 2. The SMILES string of the molecule is C[C@H](NC(=O)c1ccc(-n2ccnc2C2CCCC2=O)c(Cl)c1)c1nc2ccc(Cl)cc2[nH]1. The molecule has 1 amide bonds. The highest BCUT2D eigenvalue weighted by atomic mass is 35.5. The summed E-state index contributed by atoms with van der Waals surface area (Å²) >= 11 is 12.6. The van der Waals surface area contributed by atoms with Gasteiger partial charge < -0.3 is 14.9 Å². The van der Waals surface area contributed by atoms with Crippen LogP contribution in [0.5, 0.6) is 0 Å². The van der Waals surface area contributed by atoms with Gasteiger partial charge in [0.2, 0.25) is 0 Å². The predicted molar refractivity (Wildman–Crippen MR) is 127 cm³/mol. The number of ketones is 1. The molecule has 2 N–H and O–H groups in total. The minimum atomic E-state index is -0.351. The first-order chi connectivity index (χ1) is 15.9. The van der Waals surface area contributed by atoms with Crippen molar-refractivity contribution in [2.24, 2.45) is 0 Å². The average Bonchev–Trinajstić information content (AvgIpc) is 3.52. The van der Waals surface area contributed by atoms with Crippen LogP contribution in [0, 0.1) is 0 Å². The fourth-order valence-corrected chi connectivity index (χ4v) is 4.71. The van der Waals surface area contributed by atoms with Crippen molar-refractivity contribution in [2.45, 2.75) is 38.1 Å². The van der Waals surface area contributed by atoms with Crippen LogP contribution in [0.25, 0.3) is 16.7 Å². The van der Waals surface area contributed by atoms with Crippen LogP contribution in [0.3, 0.4) is 0 Å². The van der Waals surface area contributed by atoms with E-state index >= 15 is 0 Å². The minimum absolute atomic E-state index is 0.205. The van der Waals surface area contributed by atoms with Crippen molar-refractivity contribution in [3.63, 3.8) is 0 Å². The molecule has 2 aromatic carbocycles. The second kappa shape index (κ2) is 8.65. The van der Waals surface area contributed by atoms with Crippen LogP contribution in [0.15, 0.2) is 48.8 Å². The lowest BCUT2D eigenvalue weighted by molar-refractivity contribution is -0.118. The van der Waals surface area contributed by atoms with Crippen LogP contribution in [-0.4, -0.2) is 31.2 Å². The van der Waals surface area contributed by atoms with E-state index in [-0.39, 0.29) is 23.7 Å². The lowest BCUT2D eigenvalue weighted by atomic mass is 10.1. The van der Waals surface area contributed by atoms with Crippen LogP contribution >= 0.6 is 23.2 Å². The maximum Gasteiger partial charge on any atom is 0.251 e. The predicted octanol–water partition coefficient (Wildman–Crippen LogP) is 5.38. The van der Waals surface area contributed by atoms with E-state index in [1.54, 1.807) is 42.7 Å². The van der Waals surface area contributed by atoms with Crippen LogP contribution in [0.1, 0.15) is 60.2 Å². The van der Waals surface area contributed by atoms with E-state index in [2.05, 4.69) is 20.3 Å². The number of rotatable bonds is 5. The molecule has 2 aromatic heterocycles. The van der Waals surface area contributed by atoms with Crippen molar-refractivity contribution < 1.29 is 9.59 Å². The summed E-state index contributed by atoms with van der Waals surface area (Å²) in [6.07, 6.45) is 5.71. The molecule has 7 nitrogen and oxygen atoms in total. The fourth-order valence-electron chi connectivity index (χ4n) is 4.26. The van der Waals surface area contributed by atoms with E-state index in [1.807, 2.05) is 17.6 Å². The molecule has 0 bridgehead atoms. The third-order valence-electron chi connectivity index (χ3n) is 5.98. The van der Waals surface area contributed by atoms with Crippen molar-refractivity contribution in [1.82, 2.24) is 24.8 Å². The summed E-state index contributed by atoms with van der Waals surface area (Å²) in [6, 6.07) is 10.2. The first kappa shape index (κ1) is 21.7. The number of hydrogen-bond acceptors (Lipinski definition) is 4. The quantitative estimate of drug-likeness (QED) is 0.399. The Hall–Kier alpha value is -3.16. The van der Waals surface area contributed by atoms with E-state index in [0.29, 0.717) is 39.4 Å². The van der Waals surface area contributed by atoms with Crippen LogP contribution in [0.2, 0.25) is 10.0 Å². The van der Waals surface area contributed by atoms with Crippen molar-refractivity contribution >= 4 is 45.9 Å². The van der Waals surface area contributed by atoms with Crippen LogP contribution < -0.4 is 5.32 Å². The lowest BCUT2D eigenvalue weighted by Gasteiger charge is -2.15. The number of aromatic amines is 1. The molecule has 0 radical (unpaired) electrons. The first-order valence-corrected chi connectivity index (χ1v) is 11.5. The summed E-state index contributed by atoms with van der Waals surface area (Å²) in [4.78, 5) is 37.2. The molecule has 1 saturated carbocycles. The molecule has 9 heteroatoms. The lowest BCUT2D eigenvalue weighted by Crippen LogP contribution is -2.27. The fraction of sp³-hybridized carbons (Fsp3) is 0.250. The minimum Gasteiger partial charge on any atom is -0.342 e. The van der Waals surface area contributed by atoms with Crippen molar-refractivity contribution in [1.29, 1.82) is 0 Å². The number of Topliss-reactive ketones (excluding diaryl/α,β-unsaturated/α-hetero) is 1. The third kappa shape index (κ3) is 4.14. The highest BCUT2D eigenvalue weighted by Crippen LogP contribution is 2.33. The van der Waals surface area contributed by atoms with Crippen molar-refractivity contribution in [2.75, 3.05) is 0 Å². The number of benzene rings is 2. The van der Waals surface area contributed by atoms with Crippen molar-refractivity contribution in [3.05, 3.63) is 76.0 Å². The number of hydrogen-bond donors (Lipinski definition) is 2. The van der Waals surface area contributed by atoms with E-state index in [0.717, 1.165) is 23.9 Å². The highest BCUT2D eigenvalue weighted by Gasteiger charge is 2.30. The average molecular weight is 482 g/mol. The normalized spacial score (nSPS) is 16.9. The van der Waals surface area contributed by atoms with Crippen LogP contribution in [0.4, 0.5) is 0 Å².